The van der Waals surface area contributed by atoms with E-state index < -0.39 is 0 Å². The maximum atomic E-state index is 4.55. The summed E-state index contributed by atoms with van der Waals surface area (Å²) in [5, 5.41) is 4.41. The minimum Gasteiger partial charge on any atom is -0.293 e. The molecule has 0 aliphatic carbocycles. The number of thiazole rings is 1. The summed E-state index contributed by atoms with van der Waals surface area (Å²) < 4.78 is 0. The highest BCUT2D eigenvalue weighted by Gasteiger charge is 2.15. The molecular weight excluding hydrogens is 284 g/mol. The van der Waals surface area contributed by atoms with Crippen molar-refractivity contribution in [3.8, 4) is 0 Å². The fraction of sp³-hybridized carbons (Fsp3) is 0.750. The molecule has 0 amide bonds. The predicted octanol–water partition coefficient (Wildman–Crippen LogP) is 3.84. The van der Waals surface area contributed by atoms with E-state index in [4.69, 9.17) is 0 Å². The molecule has 0 aliphatic rings. The Morgan fingerprint density at radius 3 is 2.56 bits per heavy atom. The van der Waals surface area contributed by atoms with Gasteiger partial charge in [-0.1, -0.05) is 29.8 Å². The lowest BCUT2D eigenvalue weighted by Crippen LogP contribution is -2.35. The van der Waals surface area contributed by atoms with Crippen LogP contribution in [0.25, 0.3) is 0 Å². The van der Waals surface area contributed by atoms with E-state index in [1.54, 1.807) is 11.3 Å². The molecule has 0 bridgehead atoms. The molecule has 0 N–H and O–H groups in total. The zero-order valence-electron chi connectivity index (χ0n) is 10.4. The van der Waals surface area contributed by atoms with Crippen LogP contribution in [0.4, 0.5) is 0 Å². The first-order valence-corrected chi connectivity index (χ1v) is 7.92. The van der Waals surface area contributed by atoms with Crippen LogP contribution in [0.15, 0.2) is 5.38 Å². The Hall–Kier alpha value is 0.0700. The van der Waals surface area contributed by atoms with E-state index in [1.165, 1.54) is 17.8 Å². The highest BCUT2D eigenvalue weighted by atomic mass is 79.9. The van der Waals surface area contributed by atoms with Crippen molar-refractivity contribution < 1.29 is 0 Å². The van der Waals surface area contributed by atoms with Gasteiger partial charge in [-0.05, 0) is 19.8 Å². The normalized spacial score (nSPS) is 11.6. The summed E-state index contributed by atoms with van der Waals surface area (Å²) in [5.41, 5.74) is 1.14. The molecule has 92 valence electrons. The standard InChI is InChI=1S/C12H21BrN2S/c1-4-11(5-2)15(7-6-13)8-12-14-10(3)9-16-12/h9,11H,4-8H2,1-3H3. The molecule has 0 aromatic carbocycles. The highest BCUT2D eigenvalue weighted by Crippen LogP contribution is 2.16. The van der Waals surface area contributed by atoms with E-state index in [-0.39, 0.29) is 0 Å². The van der Waals surface area contributed by atoms with Crippen LogP contribution in [0.5, 0.6) is 0 Å². The molecule has 1 rings (SSSR count). The van der Waals surface area contributed by atoms with Gasteiger partial charge in [0, 0.05) is 29.0 Å². The van der Waals surface area contributed by atoms with Gasteiger partial charge in [0.15, 0.2) is 0 Å². The van der Waals surface area contributed by atoms with Crippen LogP contribution in [0, 0.1) is 6.92 Å². The molecule has 1 heterocycles. The largest absolute Gasteiger partial charge is 0.293 e. The molecular formula is C12H21BrN2S. The van der Waals surface area contributed by atoms with E-state index in [2.05, 4.69) is 52.0 Å². The number of alkyl halides is 1. The molecule has 0 spiro atoms. The minimum absolute atomic E-state index is 0.682. The van der Waals surface area contributed by atoms with Crippen molar-refractivity contribution in [2.24, 2.45) is 0 Å². The SMILES string of the molecule is CCC(CC)N(CCBr)Cc1nc(C)cs1. The topological polar surface area (TPSA) is 16.1 Å². The first-order valence-electron chi connectivity index (χ1n) is 5.92. The van der Waals surface area contributed by atoms with Gasteiger partial charge in [-0.25, -0.2) is 4.98 Å². The Labute approximate surface area is 111 Å². The van der Waals surface area contributed by atoms with E-state index >= 15 is 0 Å². The van der Waals surface area contributed by atoms with Crippen molar-refractivity contribution in [2.45, 2.75) is 46.2 Å². The zero-order chi connectivity index (χ0) is 12.0. The third-order valence-corrected chi connectivity index (χ3v) is 4.14. The van der Waals surface area contributed by atoms with E-state index in [0.29, 0.717) is 6.04 Å². The van der Waals surface area contributed by atoms with Crippen LogP contribution in [0.1, 0.15) is 37.4 Å². The van der Waals surface area contributed by atoms with Crippen molar-refractivity contribution in [2.75, 3.05) is 11.9 Å². The summed E-state index contributed by atoms with van der Waals surface area (Å²) in [4.78, 5) is 7.08. The number of aromatic nitrogens is 1. The predicted molar refractivity (Wildman–Crippen MR) is 75.4 cm³/mol. The second-order valence-electron chi connectivity index (χ2n) is 4.01. The van der Waals surface area contributed by atoms with Crippen molar-refractivity contribution in [1.82, 2.24) is 9.88 Å². The van der Waals surface area contributed by atoms with E-state index in [1.807, 2.05) is 0 Å². The number of hydrogen-bond donors (Lipinski definition) is 0. The number of halogens is 1. The maximum absolute atomic E-state index is 4.55. The molecule has 0 saturated carbocycles. The van der Waals surface area contributed by atoms with Crippen LogP contribution in [-0.4, -0.2) is 27.8 Å². The molecule has 1 aromatic heterocycles. The number of rotatable bonds is 7. The Balaban J connectivity index is 2.63. The smallest absolute Gasteiger partial charge is 0.107 e. The van der Waals surface area contributed by atoms with Gasteiger partial charge in [-0.15, -0.1) is 11.3 Å². The lowest BCUT2D eigenvalue weighted by molar-refractivity contribution is 0.189. The van der Waals surface area contributed by atoms with Crippen molar-refractivity contribution in [3.63, 3.8) is 0 Å². The Morgan fingerprint density at radius 1 is 1.44 bits per heavy atom. The van der Waals surface area contributed by atoms with Crippen LogP contribution in [-0.2, 0) is 6.54 Å². The third-order valence-electron chi connectivity index (χ3n) is 2.84. The molecule has 0 radical (unpaired) electrons. The van der Waals surface area contributed by atoms with E-state index in [0.717, 1.165) is 24.1 Å². The van der Waals surface area contributed by atoms with Crippen LogP contribution in [0.2, 0.25) is 0 Å². The first-order chi connectivity index (χ1) is 7.71. The van der Waals surface area contributed by atoms with Crippen LogP contribution < -0.4 is 0 Å². The average Bonchev–Trinajstić information content (AvgIpc) is 2.66. The van der Waals surface area contributed by atoms with Gasteiger partial charge in [0.05, 0.1) is 6.54 Å². The third kappa shape index (κ3) is 4.15. The zero-order valence-corrected chi connectivity index (χ0v) is 12.8. The van der Waals surface area contributed by atoms with Gasteiger partial charge >= 0.3 is 0 Å². The summed E-state index contributed by atoms with van der Waals surface area (Å²) in [5.74, 6) is 0. The molecule has 0 aliphatic heterocycles. The Morgan fingerprint density at radius 2 is 2.12 bits per heavy atom. The number of hydrogen-bond acceptors (Lipinski definition) is 3. The fourth-order valence-electron chi connectivity index (χ4n) is 1.95. The van der Waals surface area contributed by atoms with Gasteiger partial charge in [0.2, 0.25) is 0 Å². The fourth-order valence-corrected chi connectivity index (χ4v) is 3.21. The molecule has 2 nitrogen and oxygen atoms in total. The van der Waals surface area contributed by atoms with Gasteiger partial charge in [0.25, 0.3) is 0 Å². The second-order valence-corrected chi connectivity index (χ2v) is 5.75. The maximum Gasteiger partial charge on any atom is 0.107 e. The molecule has 16 heavy (non-hydrogen) atoms. The van der Waals surface area contributed by atoms with Gasteiger partial charge in [-0.2, -0.15) is 0 Å². The highest BCUT2D eigenvalue weighted by molar-refractivity contribution is 9.09. The van der Waals surface area contributed by atoms with Crippen molar-refractivity contribution in [3.05, 3.63) is 16.1 Å². The monoisotopic (exact) mass is 304 g/mol. The summed E-state index contributed by atoms with van der Waals surface area (Å²) in [6.45, 7) is 8.69. The molecule has 0 saturated heterocycles. The summed E-state index contributed by atoms with van der Waals surface area (Å²) >= 11 is 5.31. The van der Waals surface area contributed by atoms with Crippen LogP contribution >= 0.6 is 27.3 Å². The molecule has 1 aromatic rings. The van der Waals surface area contributed by atoms with Crippen molar-refractivity contribution in [1.29, 1.82) is 0 Å². The second kappa shape index (κ2) is 7.41. The van der Waals surface area contributed by atoms with E-state index in [9.17, 15) is 0 Å². The Bertz CT molecular complexity index is 297. The lowest BCUT2D eigenvalue weighted by atomic mass is 10.1. The first kappa shape index (κ1) is 14.1. The molecule has 0 fully saturated rings. The van der Waals surface area contributed by atoms with Crippen LogP contribution in [0.3, 0.4) is 0 Å². The quantitative estimate of drug-likeness (QED) is 0.712. The molecule has 0 unspecified atom stereocenters. The van der Waals surface area contributed by atoms with Gasteiger partial charge in [-0.3, -0.25) is 4.90 Å². The summed E-state index contributed by atoms with van der Waals surface area (Å²) in [7, 11) is 0. The lowest BCUT2D eigenvalue weighted by Gasteiger charge is -2.28. The summed E-state index contributed by atoms with van der Waals surface area (Å²) in [6, 6.07) is 0.682. The van der Waals surface area contributed by atoms with Gasteiger partial charge in [0.1, 0.15) is 5.01 Å². The Kier molecular flexibility index (Phi) is 6.54. The average molecular weight is 305 g/mol. The van der Waals surface area contributed by atoms with Gasteiger partial charge < -0.3 is 0 Å². The van der Waals surface area contributed by atoms with Crippen molar-refractivity contribution >= 4 is 27.3 Å². The minimum atomic E-state index is 0.682. The molecule has 0 atom stereocenters. The number of nitrogens with zero attached hydrogens (tertiary/aromatic N) is 2. The summed E-state index contributed by atoms with van der Waals surface area (Å²) in [6.07, 6.45) is 2.43. The molecule has 4 heteroatoms. The number of aryl methyl sites for hydroxylation is 1.